The van der Waals surface area contributed by atoms with E-state index in [0.717, 1.165) is 35.4 Å². The summed E-state index contributed by atoms with van der Waals surface area (Å²) in [5.41, 5.74) is 3.05. The number of ether oxygens (including phenoxy) is 2. The monoisotopic (exact) mass is 967 g/mol. The van der Waals surface area contributed by atoms with Crippen molar-refractivity contribution in [1.29, 1.82) is 0 Å². The molecule has 4 atom stereocenters. The van der Waals surface area contributed by atoms with E-state index in [1.807, 2.05) is 115 Å². The van der Waals surface area contributed by atoms with Gasteiger partial charge in [0, 0.05) is 48.3 Å². The average molecular weight is 967 g/mol. The van der Waals surface area contributed by atoms with E-state index in [-0.39, 0.29) is 42.2 Å². The maximum absolute atomic E-state index is 12.9. The van der Waals surface area contributed by atoms with Gasteiger partial charge in [0.15, 0.2) is 11.6 Å². The number of fused-ring (bicyclic) bond motifs is 2. The molecule has 13 nitrogen and oxygen atoms in total. The number of amides is 2. The van der Waals surface area contributed by atoms with Gasteiger partial charge in [0.2, 0.25) is 0 Å². The first-order valence-electron chi connectivity index (χ1n) is 24.0. The number of aromatic amines is 1. The zero-order valence-corrected chi connectivity index (χ0v) is 42.2. The number of Topliss-reactive ketones (excluding diaryl/α,β-unsaturated/α-hetero) is 2. The van der Waals surface area contributed by atoms with E-state index in [2.05, 4.69) is 33.8 Å². The summed E-state index contributed by atoms with van der Waals surface area (Å²) in [6, 6.07) is 38.3. The third-order valence-electron chi connectivity index (χ3n) is 11.0. The fraction of sp³-hybridized carbons (Fsp3) is 0.345. The highest BCUT2D eigenvalue weighted by Crippen LogP contribution is 2.20. The van der Waals surface area contributed by atoms with Crippen molar-refractivity contribution in [2.75, 3.05) is 0 Å². The first kappa shape index (κ1) is 56.1. The van der Waals surface area contributed by atoms with Crippen LogP contribution in [0, 0.1) is 11.8 Å². The molecule has 2 amide bonds. The van der Waals surface area contributed by atoms with Crippen LogP contribution in [0.4, 0.5) is 9.59 Å². The Morgan fingerprint density at radius 3 is 1.52 bits per heavy atom. The number of carbonyl (C=O) groups excluding carboxylic acids is 5. The SMILES string of the molecule is C[C@H](NC(=O)OC(C)(C)C)C(=O)C[C@H](/C=C/C(=O)O)CCc1ccccc1.C[C@H](NC(=O)OC(C)(C)C)C(=O)C[C@H](/C=C/C(=O)n1ccc2ccccc21)CCc1ccccc1.c1ccc2[nH]ccc2c1. The quantitative estimate of drug-likeness (QED) is 0.0608. The van der Waals surface area contributed by atoms with Gasteiger partial charge in [-0.3, -0.25) is 19.0 Å². The number of H-pyrrole nitrogens is 1. The van der Waals surface area contributed by atoms with Crippen LogP contribution in [0.5, 0.6) is 0 Å². The minimum Gasteiger partial charge on any atom is -0.478 e. The number of ketones is 2. The van der Waals surface area contributed by atoms with Gasteiger partial charge in [0.05, 0.1) is 17.6 Å². The number of para-hydroxylation sites is 2. The van der Waals surface area contributed by atoms with E-state index in [4.69, 9.17) is 14.6 Å². The zero-order chi connectivity index (χ0) is 52.0. The smallest absolute Gasteiger partial charge is 0.408 e. The van der Waals surface area contributed by atoms with Crippen molar-refractivity contribution in [2.24, 2.45) is 11.8 Å². The fourth-order valence-electron chi connectivity index (χ4n) is 7.31. The van der Waals surface area contributed by atoms with Crippen molar-refractivity contribution in [2.45, 2.75) is 117 Å². The summed E-state index contributed by atoms with van der Waals surface area (Å²) >= 11 is 0. The van der Waals surface area contributed by atoms with Gasteiger partial charge in [-0.05, 0) is 134 Å². The van der Waals surface area contributed by atoms with E-state index in [0.29, 0.717) is 12.8 Å². The van der Waals surface area contributed by atoms with E-state index in [1.54, 1.807) is 78.3 Å². The highest BCUT2D eigenvalue weighted by atomic mass is 16.6. The number of hydrogen-bond acceptors (Lipinski definition) is 8. The molecule has 6 aromatic rings. The van der Waals surface area contributed by atoms with Gasteiger partial charge in [-0.25, -0.2) is 14.4 Å². The van der Waals surface area contributed by atoms with Crippen molar-refractivity contribution >= 4 is 57.4 Å². The zero-order valence-electron chi connectivity index (χ0n) is 42.2. The van der Waals surface area contributed by atoms with Gasteiger partial charge in [-0.1, -0.05) is 109 Å². The average Bonchev–Trinajstić information content (AvgIpc) is 3.98. The molecule has 0 aliphatic rings. The molecule has 4 aromatic carbocycles. The van der Waals surface area contributed by atoms with Gasteiger partial charge in [-0.2, -0.15) is 0 Å². The molecule has 0 aliphatic carbocycles. The van der Waals surface area contributed by atoms with Gasteiger partial charge in [0.25, 0.3) is 5.91 Å². The molecule has 71 heavy (non-hydrogen) atoms. The number of benzene rings is 4. The third kappa shape index (κ3) is 21.3. The summed E-state index contributed by atoms with van der Waals surface area (Å²) in [5.74, 6) is -1.88. The fourth-order valence-corrected chi connectivity index (χ4v) is 7.31. The van der Waals surface area contributed by atoms with Gasteiger partial charge in [-0.15, -0.1) is 0 Å². The van der Waals surface area contributed by atoms with Crippen molar-refractivity contribution in [3.63, 3.8) is 0 Å². The lowest BCUT2D eigenvalue weighted by atomic mass is 9.92. The lowest BCUT2D eigenvalue weighted by molar-refractivity contribution is -0.131. The molecule has 376 valence electrons. The highest BCUT2D eigenvalue weighted by Gasteiger charge is 2.24. The van der Waals surface area contributed by atoms with E-state index in [1.165, 1.54) is 16.5 Å². The largest absolute Gasteiger partial charge is 0.478 e. The molecule has 0 radical (unpaired) electrons. The van der Waals surface area contributed by atoms with Crippen LogP contribution in [-0.4, -0.2) is 73.6 Å². The Balaban J connectivity index is 0.000000267. The summed E-state index contributed by atoms with van der Waals surface area (Å²) in [6.45, 7) is 13.8. The van der Waals surface area contributed by atoms with Crippen LogP contribution >= 0.6 is 0 Å². The molecule has 13 heteroatoms. The molecule has 2 heterocycles. The third-order valence-corrected chi connectivity index (χ3v) is 11.0. The number of aliphatic carboxylic acids is 1. The number of alkyl carbamates (subject to hydrolysis) is 2. The number of aryl methyl sites for hydroxylation is 2. The molecule has 0 fully saturated rings. The molecular formula is C58H70N4O9. The molecule has 6 rings (SSSR count). The molecule has 0 unspecified atom stereocenters. The standard InChI is InChI=1S/C29H34N2O4.C21H29NO5.C8H7N/c1-21(30-28(34)35-29(2,3)4)26(32)20-23(15-14-22-10-6-5-7-11-22)16-17-27(33)31-19-18-24-12-8-9-13-25(24)31;1-15(22-20(26)27-21(2,3)4)18(23)14-17(12-13-19(24)25)11-10-16-8-6-5-7-9-16;1-2-4-8-7(3-1)5-6-9-8/h5-13,16-19,21,23H,14-15,20H2,1-4H3,(H,30,34);5-9,12-13,15,17H,10-11,14H2,1-4H3,(H,22,26)(H,24,25);1-6,9H/b17-16+;13-12+;/t21-,23-;15-,17-;/m00./s1. The topological polar surface area (TPSA) is 186 Å². The van der Waals surface area contributed by atoms with Crippen molar-refractivity contribution in [1.82, 2.24) is 20.2 Å². The number of aromatic nitrogens is 2. The Kier molecular flexibility index (Phi) is 21.8. The first-order chi connectivity index (χ1) is 33.7. The lowest BCUT2D eigenvalue weighted by Gasteiger charge is -2.22. The van der Waals surface area contributed by atoms with Crippen molar-refractivity contribution in [3.8, 4) is 0 Å². The normalized spacial score (nSPS) is 13.2. The van der Waals surface area contributed by atoms with Crippen LogP contribution in [0.25, 0.3) is 21.8 Å². The number of carbonyl (C=O) groups is 6. The second kappa shape index (κ2) is 27.6. The summed E-state index contributed by atoms with van der Waals surface area (Å²) < 4.78 is 12.0. The van der Waals surface area contributed by atoms with Gasteiger partial charge < -0.3 is 30.2 Å². The number of carboxylic acids is 1. The van der Waals surface area contributed by atoms with Crippen molar-refractivity contribution < 1.29 is 43.3 Å². The Hall–Kier alpha value is -7.54. The molecule has 0 bridgehead atoms. The number of carboxylic acid groups (broad SMARTS) is 1. The summed E-state index contributed by atoms with van der Waals surface area (Å²) in [6.07, 6.45) is 11.6. The van der Waals surface area contributed by atoms with Crippen LogP contribution in [0.3, 0.4) is 0 Å². The summed E-state index contributed by atoms with van der Waals surface area (Å²) in [5, 5.41) is 16.3. The van der Waals surface area contributed by atoms with Crippen LogP contribution in [-0.2, 0) is 36.7 Å². The number of hydrogen-bond donors (Lipinski definition) is 4. The summed E-state index contributed by atoms with van der Waals surface area (Å²) in [7, 11) is 0. The van der Waals surface area contributed by atoms with Crippen LogP contribution in [0.15, 0.2) is 158 Å². The molecule has 0 spiro atoms. The van der Waals surface area contributed by atoms with Crippen molar-refractivity contribution in [3.05, 3.63) is 169 Å². The predicted octanol–water partition coefficient (Wildman–Crippen LogP) is 11.9. The second-order valence-electron chi connectivity index (χ2n) is 19.3. The first-order valence-corrected chi connectivity index (χ1v) is 24.0. The maximum Gasteiger partial charge on any atom is 0.408 e. The molecule has 4 N–H and O–H groups in total. The second-order valence-corrected chi connectivity index (χ2v) is 19.3. The minimum atomic E-state index is -1.05. The Bertz CT molecular complexity index is 2680. The van der Waals surface area contributed by atoms with Crippen LogP contribution in [0.2, 0.25) is 0 Å². The minimum absolute atomic E-state index is 0.113. The van der Waals surface area contributed by atoms with Crippen LogP contribution in [0.1, 0.15) is 97.0 Å². The van der Waals surface area contributed by atoms with Gasteiger partial charge >= 0.3 is 18.2 Å². The molecule has 0 saturated carbocycles. The Morgan fingerprint density at radius 2 is 1.04 bits per heavy atom. The predicted molar refractivity (Wildman–Crippen MR) is 280 cm³/mol. The highest BCUT2D eigenvalue weighted by molar-refractivity contribution is 5.98. The number of rotatable bonds is 18. The number of nitrogens with zero attached hydrogens (tertiary/aromatic N) is 1. The Labute approximate surface area is 417 Å². The molecule has 2 aromatic heterocycles. The van der Waals surface area contributed by atoms with E-state index < -0.39 is 41.4 Å². The lowest BCUT2D eigenvalue weighted by Crippen LogP contribution is -2.42. The number of nitrogens with one attached hydrogen (secondary N) is 3. The van der Waals surface area contributed by atoms with E-state index >= 15 is 0 Å². The van der Waals surface area contributed by atoms with E-state index in [9.17, 15) is 28.8 Å². The van der Waals surface area contributed by atoms with Crippen LogP contribution < -0.4 is 10.6 Å². The summed E-state index contributed by atoms with van der Waals surface area (Å²) in [4.78, 5) is 76.1. The molecule has 0 saturated heterocycles. The van der Waals surface area contributed by atoms with Gasteiger partial charge in [0.1, 0.15) is 11.2 Å². The molecule has 0 aliphatic heterocycles. The molecular weight excluding hydrogens is 897 g/mol. The maximum atomic E-state index is 12.9. The Morgan fingerprint density at radius 1 is 0.592 bits per heavy atom. The number of allylic oxidation sites excluding steroid dienone is 3.